The molecule has 2 N–H and O–H groups in total. The van der Waals surface area contributed by atoms with Gasteiger partial charge >= 0.3 is 0 Å². The number of anilines is 1. The van der Waals surface area contributed by atoms with Gasteiger partial charge in [0, 0.05) is 18.3 Å². The molecule has 3 heteroatoms. The van der Waals surface area contributed by atoms with Gasteiger partial charge in [-0.1, -0.05) is 6.07 Å². The Labute approximate surface area is 103 Å². The van der Waals surface area contributed by atoms with E-state index in [4.69, 9.17) is 4.74 Å². The van der Waals surface area contributed by atoms with Crippen LogP contribution in [-0.2, 0) is 6.42 Å². The number of piperidine rings is 1. The number of benzene rings is 1. The average molecular weight is 232 g/mol. The number of nitrogens with one attached hydrogen (secondary N) is 2. The highest BCUT2D eigenvalue weighted by Crippen LogP contribution is 2.27. The molecule has 1 aromatic rings. The third-order valence-corrected chi connectivity index (χ3v) is 3.74. The highest BCUT2D eigenvalue weighted by Gasteiger charge is 2.14. The van der Waals surface area contributed by atoms with Crippen LogP contribution in [0.5, 0.6) is 5.75 Å². The van der Waals surface area contributed by atoms with E-state index in [1.807, 2.05) is 0 Å². The summed E-state index contributed by atoms with van der Waals surface area (Å²) >= 11 is 0. The molecule has 0 atom stereocenters. The molecule has 1 aromatic carbocycles. The topological polar surface area (TPSA) is 33.3 Å². The molecule has 0 aromatic heterocycles. The smallest absolute Gasteiger partial charge is 0.121 e. The van der Waals surface area contributed by atoms with Crippen molar-refractivity contribution >= 4 is 5.69 Å². The molecule has 1 saturated heterocycles. The lowest BCUT2D eigenvalue weighted by atomic mass is 9.99. The molecule has 0 aliphatic carbocycles. The minimum absolute atomic E-state index is 0.720. The summed E-state index contributed by atoms with van der Waals surface area (Å²) in [6.45, 7) is 4.20. The summed E-state index contributed by atoms with van der Waals surface area (Å²) in [6, 6.07) is 6.43. The first-order chi connectivity index (χ1) is 8.42. The zero-order valence-electron chi connectivity index (χ0n) is 10.2. The van der Waals surface area contributed by atoms with Crippen molar-refractivity contribution in [2.45, 2.75) is 19.3 Å². The molecule has 0 amide bonds. The molecule has 0 saturated carbocycles. The quantitative estimate of drug-likeness (QED) is 0.836. The van der Waals surface area contributed by atoms with Gasteiger partial charge in [-0.15, -0.1) is 0 Å². The molecular formula is C14H20N2O. The van der Waals surface area contributed by atoms with Crippen LogP contribution in [0.1, 0.15) is 18.4 Å². The maximum absolute atomic E-state index is 5.90. The molecule has 3 rings (SSSR count). The lowest BCUT2D eigenvalue weighted by molar-refractivity contribution is 0.215. The van der Waals surface area contributed by atoms with Crippen molar-refractivity contribution in [2.24, 2.45) is 5.92 Å². The molecule has 2 aliphatic rings. The minimum atomic E-state index is 0.720. The summed E-state index contributed by atoms with van der Waals surface area (Å²) in [7, 11) is 0. The first-order valence-corrected chi connectivity index (χ1v) is 6.62. The van der Waals surface area contributed by atoms with Gasteiger partial charge in [0.2, 0.25) is 0 Å². The SMILES string of the molecule is c1cc2c(cc1OCC1CCNCC1)NCC2. The molecule has 1 fully saturated rings. The predicted molar refractivity (Wildman–Crippen MR) is 69.7 cm³/mol. The summed E-state index contributed by atoms with van der Waals surface area (Å²) in [6.07, 6.45) is 3.62. The Hall–Kier alpha value is -1.22. The molecule has 0 radical (unpaired) electrons. The maximum atomic E-state index is 5.90. The van der Waals surface area contributed by atoms with Gasteiger partial charge in [0.05, 0.1) is 6.61 Å². The lowest BCUT2D eigenvalue weighted by Crippen LogP contribution is -2.30. The second-order valence-electron chi connectivity index (χ2n) is 5.00. The van der Waals surface area contributed by atoms with E-state index in [2.05, 4.69) is 28.8 Å². The van der Waals surface area contributed by atoms with Gasteiger partial charge < -0.3 is 15.4 Å². The van der Waals surface area contributed by atoms with E-state index in [0.717, 1.165) is 44.3 Å². The third-order valence-electron chi connectivity index (χ3n) is 3.74. The lowest BCUT2D eigenvalue weighted by Gasteiger charge is -2.22. The second kappa shape index (κ2) is 4.96. The van der Waals surface area contributed by atoms with E-state index in [0.29, 0.717) is 0 Å². The summed E-state index contributed by atoms with van der Waals surface area (Å²) in [5, 5.41) is 6.77. The Morgan fingerprint density at radius 3 is 2.94 bits per heavy atom. The van der Waals surface area contributed by atoms with Crippen molar-refractivity contribution in [3.05, 3.63) is 23.8 Å². The van der Waals surface area contributed by atoms with Crippen molar-refractivity contribution in [2.75, 3.05) is 31.6 Å². The normalized spacial score (nSPS) is 19.8. The van der Waals surface area contributed by atoms with Crippen LogP contribution in [0.3, 0.4) is 0 Å². The van der Waals surface area contributed by atoms with Crippen molar-refractivity contribution in [3.63, 3.8) is 0 Å². The number of ether oxygens (including phenoxy) is 1. The third kappa shape index (κ3) is 2.55. The van der Waals surface area contributed by atoms with Gasteiger partial charge in [-0.05, 0) is 49.9 Å². The molecule has 17 heavy (non-hydrogen) atoms. The first-order valence-electron chi connectivity index (χ1n) is 6.62. The van der Waals surface area contributed by atoms with E-state index >= 15 is 0 Å². The highest BCUT2D eigenvalue weighted by atomic mass is 16.5. The van der Waals surface area contributed by atoms with Crippen LogP contribution in [0.15, 0.2) is 18.2 Å². The molecular weight excluding hydrogens is 212 g/mol. The van der Waals surface area contributed by atoms with Gasteiger partial charge in [0.1, 0.15) is 5.75 Å². The van der Waals surface area contributed by atoms with Crippen molar-refractivity contribution in [3.8, 4) is 5.75 Å². The molecule has 2 aliphatic heterocycles. The summed E-state index contributed by atoms with van der Waals surface area (Å²) in [4.78, 5) is 0. The van der Waals surface area contributed by atoms with E-state index in [-0.39, 0.29) is 0 Å². The van der Waals surface area contributed by atoms with Crippen LogP contribution in [0.25, 0.3) is 0 Å². The van der Waals surface area contributed by atoms with Gasteiger partial charge in [0.25, 0.3) is 0 Å². The zero-order chi connectivity index (χ0) is 11.5. The fourth-order valence-corrected chi connectivity index (χ4v) is 2.62. The van der Waals surface area contributed by atoms with Gasteiger partial charge in [-0.25, -0.2) is 0 Å². The Balaban J connectivity index is 1.57. The van der Waals surface area contributed by atoms with Gasteiger partial charge in [-0.3, -0.25) is 0 Å². The summed E-state index contributed by atoms with van der Waals surface area (Å²) in [5.41, 5.74) is 2.67. The highest BCUT2D eigenvalue weighted by molar-refractivity contribution is 5.58. The monoisotopic (exact) mass is 232 g/mol. The molecule has 0 bridgehead atoms. The molecule has 0 spiro atoms. The average Bonchev–Trinajstić information content (AvgIpc) is 2.85. The minimum Gasteiger partial charge on any atom is -0.493 e. The van der Waals surface area contributed by atoms with Crippen molar-refractivity contribution in [1.82, 2.24) is 5.32 Å². The Morgan fingerprint density at radius 2 is 2.06 bits per heavy atom. The molecule has 2 heterocycles. The Bertz CT molecular complexity index is 386. The number of rotatable bonds is 3. The number of hydrogen-bond acceptors (Lipinski definition) is 3. The Kier molecular flexibility index (Phi) is 3.18. The van der Waals surface area contributed by atoms with E-state index in [1.54, 1.807) is 0 Å². The van der Waals surface area contributed by atoms with Crippen LogP contribution in [-0.4, -0.2) is 26.2 Å². The van der Waals surface area contributed by atoms with E-state index in [9.17, 15) is 0 Å². The van der Waals surface area contributed by atoms with E-state index < -0.39 is 0 Å². The van der Waals surface area contributed by atoms with Crippen LogP contribution in [0, 0.1) is 5.92 Å². The van der Waals surface area contributed by atoms with Crippen LogP contribution in [0.4, 0.5) is 5.69 Å². The van der Waals surface area contributed by atoms with Gasteiger partial charge in [0.15, 0.2) is 0 Å². The number of fused-ring (bicyclic) bond motifs is 1. The van der Waals surface area contributed by atoms with Crippen LogP contribution >= 0.6 is 0 Å². The van der Waals surface area contributed by atoms with Gasteiger partial charge in [-0.2, -0.15) is 0 Å². The predicted octanol–water partition coefficient (Wildman–Crippen LogP) is 2.03. The first kappa shape index (κ1) is 10.9. The second-order valence-corrected chi connectivity index (χ2v) is 5.00. The van der Waals surface area contributed by atoms with Crippen molar-refractivity contribution in [1.29, 1.82) is 0 Å². The van der Waals surface area contributed by atoms with Crippen LogP contribution in [0.2, 0.25) is 0 Å². The molecule has 3 nitrogen and oxygen atoms in total. The maximum Gasteiger partial charge on any atom is 0.121 e. The summed E-state index contributed by atoms with van der Waals surface area (Å²) < 4.78 is 5.90. The van der Waals surface area contributed by atoms with Crippen molar-refractivity contribution < 1.29 is 4.74 Å². The zero-order valence-corrected chi connectivity index (χ0v) is 10.2. The standard InChI is InChI=1S/C14H20N2O/c1-2-13(9-14-12(1)5-8-16-14)17-10-11-3-6-15-7-4-11/h1-2,9,11,15-16H,3-8,10H2. The summed E-state index contributed by atoms with van der Waals surface area (Å²) in [5.74, 6) is 1.73. The largest absolute Gasteiger partial charge is 0.493 e. The van der Waals surface area contributed by atoms with E-state index in [1.165, 1.54) is 24.1 Å². The molecule has 92 valence electrons. The Morgan fingerprint density at radius 1 is 1.18 bits per heavy atom. The molecule has 0 unspecified atom stereocenters. The fourth-order valence-electron chi connectivity index (χ4n) is 2.62. The number of hydrogen-bond donors (Lipinski definition) is 2. The van der Waals surface area contributed by atoms with Crippen LogP contribution < -0.4 is 15.4 Å². The fraction of sp³-hybridized carbons (Fsp3) is 0.571.